The van der Waals surface area contributed by atoms with E-state index in [1.54, 1.807) is 25.7 Å². The first-order valence-corrected chi connectivity index (χ1v) is 5.94. The van der Waals surface area contributed by atoms with Gasteiger partial charge in [0.05, 0.1) is 6.42 Å². The highest BCUT2D eigenvalue weighted by Crippen LogP contribution is 2.28. The second-order valence-electron chi connectivity index (χ2n) is 5.57. The molecule has 1 fully saturated rings. The highest BCUT2D eigenvalue weighted by molar-refractivity contribution is 5.72. The van der Waals surface area contributed by atoms with Crippen LogP contribution in [0.2, 0.25) is 0 Å². The number of carbonyl (C=O) groups is 2. The van der Waals surface area contributed by atoms with Crippen LogP contribution in [0.15, 0.2) is 0 Å². The summed E-state index contributed by atoms with van der Waals surface area (Å²) < 4.78 is 5.30. The Labute approximate surface area is 102 Å². The van der Waals surface area contributed by atoms with Gasteiger partial charge in [-0.1, -0.05) is 0 Å². The molecule has 1 aliphatic heterocycles. The number of hydrogen-bond donors (Lipinski definition) is 1. The number of hydrogen-bond acceptors (Lipinski definition) is 3. The van der Waals surface area contributed by atoms with Gasteiger partial charge in [0.2, 0.25) is 0 Å². The Morgan fingerprint density at radius 2 is 1.94 bits per heavy atom. The zero-order valence-corrected chi connectivity index (χ0v) is 10.9. The zero-order chi connectivity index (χ0) is 13.2. The first-order chi connectivity index (χ1) is 7.70. The Balaban J connectivity index is 2.70. The van der Waals surface area contributed by atoms with Gasteiger partial charge in [-0.05, 0) is 40.5 Å². The minimum Gasteiger partial charge on any atom is -0.481 e. The quantitative estimate of drug-likeness (QED) is 0.807. The predicted octanol–water partition coefficient (Wildman–Crippen LogP) is 2.25. The smallest absolute Gasteiger partial charge is 0.410 e. The third kappa shape index (κ3) is 3.91. The van der Waals surface area contributed by atoms with Crippen molar-refractivity contribution in [2.75, 3.05) is 0 Å². The normalized spacial score (nSPS) is 24.8. The van der Waals surface area contributed by atoms with E-state index in [9.17, 15) is 9.59 Å². The van der Waals surface area contributed by atoms with Gasteiger partial charge >= 0.3 is 12.1 Å². The van der Waals surface area contributed by atoms with Crippen molar-refractivity contribution >= 4 is 12.1 Å². The third-order valence-electron chi connectivity index (χ3n) is 2.80. The standard InChI is InChI=1S/C12H21NO4/c1-8-5-6-9(7-10(14)15)13(8)11(16)17-12(2,3)4/h8-9H,5-7H2,1-4H3,(H,14,15)/t8-,9-/m1/s1. The van der Waals surface area contributed by atoms with Crippen LogP contribution in [-0.4, -0.2) is 39.8 Å². The molecular weight excluding hydrogens is 222 g/mol. The van der Waals surface area contributed by atoms with Crippen LogP contribution >= 0.6 is 0 Å². The molecule has 0 aliphatic carbocycles. The van der Waals surface area contributed by atoms with Gasteiger partial charge in [0.1, 0.15) is 5.60 Å². The second-order valence-corrected chi connectivity index (χ2v) is 5.57. The molecule has 0 radical (unpaired) electrons. The minimum absolute atomic E-state index is 0.0103. The van der Waals surface area contributed by atoms with E-state index in [1.165, 1.54) is 0 Å². The summed E-state index contributed by atoms with van der Waals surface area (Å²) in [6.45, 7) is 7.33. The van der Waals surface area contributed by atoms with E-state index in [0.717, 1.165) is 12.8 Å². The van der Waals surface area contributed by atoms with Crippen LogP contribution < -0.4 is 0 Å². The van der Waals surface area contributed by atoms with Gasteiger partial charge in [-0.15, -0.1) is 0 Å². The molecule has 0 saturated carbocycles. The number of likely N-dealkylation sites (tertiary alicyclic amines) is 1. The first-order valence-electron chi connectivity index (χ1n) is 5.94. The van der Waals surface area contributed by atoms with E-state index in [2.05, 4.69) is 0 Å². The SMILES string of the molecule is C[C@@H]1CC[C@H](CC(=O)O)N1C(=O)OC(C)(C)C. The average molecular weight is 243 g/mol. The topological polar surface area (TPSA) is 66.8 Å². The number of carboxylic acids is 1. The molecule has 0 unspecified atom stereocenters. The Kier molecular flexibility index (Phi) is 4.01. The van der Waals surface area contributed by atoms with Gasteiger partial charge < -0.3 is 14.7 Å². The van der Waals surface area contributed by atoms with E-state index in [1.807, 2.05) is 6.92 Å². The van der Waals surface area contributed by atoms with E-state index in [0.29, 0.717) is 0 Å². The lowest BCUT2D eigenvalue weighted by molar-refractivity contribution is -0.138. The molecule has 2 atom stereocenters. The third-order valence-corrected chi connectivity index (χ3v) is 2.80. The Morgan fingerprint density at radius 1 is 1.35 bits per heavy atom. The number of rotatable bonds is 2. The van der Waals surface area contributed by atoms with Gasteiger partial charge in [0.25, 0.3) is 0 Å². The monoisotopic (exact) mass is 243 g/mol. The molecule has 1 saturated heterocycles. The minimum atomic E-state index is -0.877. The Morgan fingerprint density at radius 3 is 2.41 bits per heavy atom. The predicted molar refractivity (Wildman–Crippen MR) is 62.8 cm³/mol. The van der Waals surface area contributed by atoms with Crippen molar-refractivity contribution in [1.29, 1.82) is 0 Å². The maximum absolute atomic E-state index is 12.0. The van der Waals surface area contributed by atoms with Crippen molar-refractivity contribution in [3.63, 3.8) is 0 Å². The summed E-state index contributed by atoms with van der Waals surface area (Å²) in [4.78, 5) is 24.3. The maximum atomic E-state index is 12.0. The van der Waals surface area contributed by atoms with Crippen molar-refractivity contribution in [3.8, 4) is 0 Å². The molecule has 0 spiro atoms. The zero-order valence-electron chi connectivity index (χ0n) is 10.9. The van der Waals surface area contributed by atoms with E-state index >= 15 is 0 Å². The lowest BCUT2D eigenvalue weighted by atomic mass is 10.1. The molecule has 1 amide bonds. The summed E-state index contributed by atoms with van der Waals surface area (Å²) in [5.41, 5.74) is -0.548. The van der Waals surface area contributed by atoms with Gasteiger partial charge in [0.15, 0.2) is 0 Å². The lowest BCUT2D eigenvalue weighted by Crippen LogP contribution is -2.43. The number of ether oxygens (including phenoxy) is 1. The number of nitrogens with zero attached hydrogens (tertiary/aromatic N) is 1. The molecule has 1 rings (SSSR count). The molecule has 1 aliphatic rings. The number of carbonyl (C=O) groups excluding carboxylic acids is 1. The van der Waals surface area contributed by atoms with E-state index in [4.69, 9.17) is 9.84 Å². The average Bonchev–Trinajstić information content (AvgIpc) is 2.42. The summed E-state index contributed by atoms with van der Waals surface area (Å²) in [5, 5.41) is 8.81. The molecule has 0 aromatic carbocycles. The van der Waals surface area contributed by atoms with Crippen LogP contribution in [0.3, 0.4) is 0 Å². The summed E-state index contributed by atoms with van der Waals surface area (Å²) >= 11 is 0. The first kappa shape index (κ1) is 13.8. The van der Waals surface area contributed by atoms with Crippen LogP contribution in [0, 0.1) is 0 Å². The van der Waals surface area contributed by atoms with Crippen LogP contribution in [0.25, 0.3) is 0 Å². The van der Waals surface area contributed by atoms with Crippen LogP contribution in [0.1, 0.15) is 47.0 Å². The molecule has 0 aromatic heterocycles. The number of carboxylic acid groups (broad SMARTS) is 1. The van der Waals surface area contributed by atoms with Crippen LogP contribution in [0.4, 0.5) is 4.79 Å². The van der Waals surface area contributed by atoms with Crippen molar-refractivity contribution in [2.45, 2.75) is 64.6 Å². The molecule has 98 valence electrons. The molecule has 5 nitrogen and oxygen atoms in total. The molecule has 1 heterocycles. The summed E-state index contributed by atoms with van der Waals surface area (Å²) in [6, 6.07) is -0.188. The van der Waals surface area contributed by atoms with Crippen LogP contribution in [0.5, 0.6) is 0 Å². The highest BCUT2D eigenvalue weighted by atomic mass is 16.6. The lowest BCUT2D eigenvalue weighted by Gasteiger charge is -2.30. The van der Waals surface area contributed by atoms with Gasteiger partial charge in [0, 0.05) is 12.1 Å². The van der Waals surface area contributed by atoms with Gasteiger partial charge in [-0.25, -0.2) is 4.79 Å². The van der Waals surface area contributed by atoms with Crippen molar-refractivity contribution in [1.82, 2.24) is 4.90 Å². The Hall–Kier alpha value is -1.26. The van der Waals surface area contributed by atoms with E-state index < -0.39 is 17.7 Å². The molecule has 0 aromatic rings. The van der Waals surface area contributed by atoms with Gasteiger partial charge in [-0.2, -0.15) is 0 Å². The Bertz CT molecular complexity index is 308. The maximum Gasteiger partial charge on any atom is 0.410 e. The summed E-state index contributed by atoms with van der Waals surface area (Å²) in [6.07, 6.45) is 1.14. The van der Waals surface area contributed by atoms with E-state index in [-0.39, 0.29) is 18.5 Å². The van der Waals surface area contributed by atoms with Crippen molar-refractivity contribution < 1.29 is 19.4 Å². The fraction of sp³-hybridized carbons (Fsp3) is 0.833. The summed E-state index contributed by atoms with van der Waals surface area (Å²) in [5.74, 6) is -0.877. The van der Waals surface area contributed by atoms with Crippen molar-refractivity contribution in [3.05, 3.63) is 0 Å². The van der Waals surface area contributed by atoms with Crippen LogP contribution in [-0.2, 0) is 9.53 Å². The largest absolute Gasteiger partial charge is 0.481 e. The van der Waals surface area contributed by atoms with Gasteiger partial charge in [-0.3, -0.25) is 4.79 Å². The molecule has 1 N–H and O–H groups in total. The second kappa shape index (κ2) is 4.94. The molecule has 17 heavy (non-hydrogen) atoms. The highest BCUT2D eigenvalue weighted by Gasteiger charge is 2.37. The van der Waals surface area contributed by atoms with Crippen molar-refractivity contribution in [2.24, 2.45) is 0 Å². The molecule has 5 heteroatoms. The summed E-state index contributed by atoms with van der Waals surface area (Å²) in [7, 11) is 0. The fourth-order valence-electron chi connectivity index (χ4n) is 2.12. The number of amides is 1. The number of aliphatic carboxylic acids is 1. The fourth-order valence-corrected chi connectivity index (χ4v) is 2.12. The molecule has 0 bridgehead atoms. The molecular formula is C12H21NO4.